The fourth-order valence-corrected chi connectivity index (χ4v) is 7.57. The summed E-state index contributed by atoms with van der Waals surface area (Å²) in [6.45, 7) is 0.454. The van der Waals surface area contributed by atoms with Crippen molar-refractivity contribution in [2.75, 3.05) is 18.8 Å². The summed E-state index contributed by atoms with van der Waals surface area (Å²) < 4.78 is 30.3. The number of hydrogen-bond donors (Lipinski definition) is 0. The highest BCUT2D eigenvalue weighted by molar-refractivity contribution is 7.93. The average Bonchev–Trinajstić information content (AvgIpc) is 3.44. The first-order chi connectivity index (χ1) is 14.5. The summed E-state index contributed by atoms with van der Waals surface area (Å²) in [6.07, 6.45) is 8.45. The third-order valence-corrected chi connectivity index (χ3v) is 9.63. The van der Waals surface area contributed by atoms with E-state index >= 15 is 0 Å². The second kappa shape index (κ2) is 7.44. The molecule has 9 heteroatoms. The van der Waals surface area contributed by atoms with E-state index in [1.54, 1.807) is 23.2 Å². The van der Waals surface area contributed by atoms with Crippen molar-refractivity contribution in [3.63, 3.8) is 0 Å². The van der Waals surface area contributed by atoms with Gasteiger partial charge in [-0.25, -0.2) is 8.42 Å². The van der Waals surface area contributed by atoms with Gasteiger partial charge in [-0.1, -0.05) is 36.9 Å². The van der Waals surface area contributed by atoms with E-state index in [0.717, 1.165) is 6.42 Å². The molecule has 1 unspecified atom stereocenters. The Morgan fingerprint density at radius 1 is 1.20 bits per heavy atom. The van der Waals surface area contributed by atoms with Crippen LogP contribution >= 0.6 is 0 Å². The Balaban J connectivity index is 1.30. The summed E-state index contributed by atoms with van der Waals surface area (Å²) in [6, 6.07) is 5.42. The highest BCUT2D eigenvalue weighted by Crippen LogP contribution is 2.49. The maximum absolute atomic E-state index is 12.9. The minimum Gasteiger partial charge on any atom is -0.339 e. The summed E-state index contributed by atoms with van der Waals surface area (Å²) in [4.78, 5) is 23.0. The minimum absolute atomic E-state index is 0.0630. The lowest BCUT2D eigenvalue weighted by Crippen LogP contribution is -2.67. The largest absolute Gasteiger partial charge is 0.339 e. The Labute approximate surface area is 176 Å². The maximum Gasteiger partial charge on any atom is 0.231 e. The molecule has 4 heterocycles. The number of amides is 1. The minimum atomic E-state index is -3.34. The van der Waals surface area contributed by atoms with Crippen LogP contribution in [0, 0.1) is 5.92 Å². The number of nitrogens with zero attached hydrogens (tertiary/aromatic N) is 4. The molecule has 0 bridgehead atoms. The molecule has 3 aliphatic rings. The summed E-state index contributed by atoms with van der Waals surface area (Å²) in [5.74, 6) is 1.10. The second-order valence-corrected chi connectivity index (χ2v) is 11.3. The first-order valence-corrected chi connectivity index (χ1v) is 12.4. The summed E-state index contributed by atoms with van der Waals surface area (Å²) >= 11 is 0. The van der Waals surface area contributed by atoms with Gasteiger partial charge in [-0.05, 0) is 30.9 Å². The molecule has 1 spiro atoms. The van der Waals surface area contributed by atoms with Crippen LogP contribution in [0.2, 0.25) is 0 Å². The monoisotopic (exact) mass is 430 g/mol. The molecule has 1 amide bonds. The predicted molar refractivity (Wildman–Crippen MR) is 109 cm³/mol. The summed E-state index contributed by atoms with van der Waals surface area (Å²) in [5, 5.41) is 4.01. The van der Waals surface area contributed by atoms with Gasteiger partial charge in [0.1, 0.15) is 10.4 Å². The lowest BCUT2D eigenvalue weighted by Gasteiger charge is -2.49. The van der Waals surface area contributed by atoms with Crippen LogP contribution < -0.4 is 0 Å². The number of pyridine rings is 1. The van der Waals surface area contributed by atoms with Crippen molar-refractivity contribution in [2.45, 2.75) is 55.6 Å². The molecule has 3 fully saturated rings. The van der Waals surface area contributed by atoms with Gasteiger partial charge >= 0.3 is 0 Å². The molecule has 0 aromatic carbocycles. The summed E-state index contributed by atoms with van der Waals surface area (Å²) in [5.41, 5.74) is 0.583. The van der Waals surface area contributed by atoms with Gasteiger partial charge in [0.15, 0.2) is 9.84 Å². The number of carbonyl (C=O) groups is 1. The van der Waals surface area contributed by atoms with Crippen molar-refractivity contribution in [2.24, 2.45) is 5.92 Å². The third kappa shape index (κ3) is 3.23. The molecule has 8 nitrogen and oxygen atoms in total. The molecular weight excluding hydrogens is 404 g/mol. The number of aromatic nitrogens is 3. The zero-order valence-electron chi connectivity index (χ0n) is 16.9. The summed E-state index contributed by atoms with van der Waals surface area (Å²) in [7, 11) is -3.34. The SMILES string of the molecule is O=C(CCC1CCCC1)N1CC2(C1)C(c1nc(-c3ccccn3)no1)CCS2(=O)=O. The fourth-order valence-electron chi connectivity index (χ4n) is 5.26. The molecule has 2 aromatic heterocycles. The number of rotatable bonds is 5. The molecular formula is C21H26N4O4S. The zero-order chi connectivity index (χ0) is 20.8. The lowest BCUT2D eigenvalue weighted by molar-refractivity contribution is -0.137. The Bertz CT molecular complexity index is 1020. The van der Waals surface area contributed by atoms with E-state index in [1.807, 2.05) is 6.07 Å². The van der Waals surface area contributed by atoms with Crippen molar-refractivity contribution in [3.8, 4) is 11.5 Å². The third-order valence-electron chi connectivity index (χ3n) is 7.07. The molecule has 0 radical (unpaired) electrons. The smallest absolute Gasteiger partial charge is 0.231 e. The predicted octanol–water partition coefficient (Wildman–Crippen LogP) is 2.59. The first-order valence-electron chi connectivity index (χ1n) is 10.7. The van der Waals surface area contributed by atoms with E-state index in [1.165, 1.54) is 25.7 Å². The highest BCUT2D eigenvalue weighted by Gasteiger charge is 2.64. The van der Waals surface area contributed by atoms with Crippen LogP contribution in [0.4, 0.5) is 0 Å². The van der Waals surface area contributed by atoms with E-state index in [2.05, 4.69) is 15.1 Å². The van der Waals surface area contributed by atoms with Crippen LogP contribution in [0.15, 0.2) is 28.9 Å². The standard InChI is InChI=1S/C21H26N4O4S/c26-18(9-8-15-5-1-2-6-15)25-13-21(14-25)16(10-12-30(21,27)28)20-23-19(24-29-20)17-7-3-4-11-22-17/h3-4,7,11,15-16H,1-2,5-6,8-10,12-14H2. The van der Waals surface area contributed by atoms with E-state index in [-0.39, 0.29) is 30.7 Å². The highest BCUT2D eigenvalue weighted by atomic mass is 32.2. The quantitative estimate of drug-likeness (QED) is 0.718. The Hall–Kier alpha value is -2.29. The van der Waals surface area contributed by atoms with Gasteiger partial charge < -0.3 is 9.42 Å². The first kappa shape index (κ1) is 19.7. The molecule has 2 saturated heterocycles. The molecule has 160 valence electrons. The fraction of sp³-hybridized carbons (Fsp3) is 0.619. The van der Waals surface area contributed by atoms with Gasteiger partial charge in [-0.2, -0.15) is 4.98 Å². The molecule has 2 aromatic rings. The second-order valence-electron chi connectivity index (χ2n) is 8.84. The average molecular weight is 431 g/mol. The van der Waals surface area contributed by atoms with Gasteiger partial charge in [-0.3, -0.25) is 9.78 Å². The normalized spacial score (nSPS) is 24.9. The van der Waals surface area contributed by atoms with Crippen molar-refractivity contribution in [3.05, 3.63) is 30.3 Å². The van der Waals surface area contributed by atoms with E-state index in [4.69, 9.17) is 4.52 Å². The topological polar surface area (TPSA) is 106 Å². The molecule has 30 heavy (non-hydrogen) atoms. The van der Waals surface area contributed by atoms with Gasteiger partial charge in [0.25, 0.3) is 0 Å². The van der Waals surface area contributed by atoms with Crippen LogP contribution in [0.1, 0.15) is 56.8 Å². The van der Waals surface area contributed by atoms with Gasteiger partial charge in [0, 0.05) is 25.7 Å². The van der Waals surface area contributed by atoms with E-state index in [0.29, 0.717) is 36.2 Å². The van der Waals surface area contributed by atoms with E-state index < -0.39 is 14.6 Å². The zero-order valence-corrected chi connectivity index (χ0v) is 17.7. The molecule has 5 rings (SSSR count). The number of sulfone groups is 1. The van der Waals surface area contributed by atoms with Gasteiger partial charge in [0.05, 0.1) is 11.7 Å². The number of carbonyl (C=O) groups excluding carboxylic acids is 1. The van der Waals surface area contributed by atoms with Crippen LogP contribution in [-0.2, 0) is 14.6 Å². The van der Waals surface area contributed by atoms with Crippen LogP contribution in [0.5, 0.6) is 0 Å². The van der Waals surface area contributed by atoms with Crippen molar-refractivity contribution in [1.82, 2.24) is 20.0 Å². The number of hydrogen-bond acceptors (Lipinski definition) is 7. The molecule has 1 saturated carbocycles. The van der Waals surface area contributed by atoms with Crippen molar-refractivity contribution < 1.29 is 17.7 Å². The van der Waals surface area contributed by atoms with Crippen LogP contribution in [0.25, 0.3) is 11.5 Å². The Morgan fingerprint density at radius 3 is 2.73 bits per heavy atom. The lowest BCUT2D eigenvalue weighted by atomic mass is 9.82. The maximum atomic E-state index is 12.9. The van der Waals surface area contributed by atoms with E-state index in [9.17, 15) is 13.2 Å². The molecule has 1 aliphatic carbocycles. The van der Waals surface area contributed by atoms with Gasteiger partial charge in [0.2, 0.25) is 17.6 Å². The van der Waals surface area contributed by atoms with Crippen LogP contribution in [-0.4, -0.2) is 57.9 Å². The molecule has 0 N–H and O–H groups in total. The molecule has 2 aliphatic heterocycles. The Kier molecular flexibility index (Phi) is 4.88. The van der Waals surface area contributed by atoms with Crippen molar-refractivity contribution >= 4 is 15.7 Å². The van der Waals surface area contributed by atoms with Gasteiger partial charge in [-0.15, -0.1) is 0 Å². The van der Waals surface area contributed by atoms with Crippen molar-refractivity contribution in [1.29, 1.82) is 0 Å². The number of likely N-dealkylation sites (tertiary alicyclic amines) is 1. The molecule has 1 atom stereocenters. The Morgan fingerprint density at radius 2 is 2.00 bits per heavy atom. The van der Waals surface area contributed by atoms with Crippen LogP contribution in [0.3, 0.4) is 0 Å².